The first-order valence-electron chi connectivity index (χ1n) is 5.51. The van der Waals surface area contributed by atoms with Gasteiger partial charge in [-0.2, -0.15) is 0 Å². The lowest BCUT2D eigenvalue weighted by atomic mass is 10.1. The van der Waals surface area contributed by atoms with Gasteiger partial charge >= 0.3 is 6.09 Å². The first-order valence-corrected chi connectivity index (χ1v) is 5.89. The van der Waals surface area contributed by atoms with Gasteiger partial charge in [0, 0.05) is 7.05 Å². The van der Waals surface area contributed by atoms with Gasteiger partial charge in [0.15, 0.2) is 0 Å². The number of hydrogen-bond acceptors (Lipinski definition) is 1. The van der Waals surface area contributed by atoms with E-state index in [9.17, 15) is 9.18 Å². The monoisotopic (exact) mass is 279 g/mol. The lowest BCUT2D eigenvalue weighted by Crippen LogP contribution is -2.23. The predicted molar refractivity (Wildman–Crippen MR) is 73.3 cm³/mol. The third-order valence-electron chi connectivity index (χ3n) is 2.77. The molecule has 0 bridgehead atoms. The van der Waals surface area contributed by atoms with Crippen LogP contribution in [0.25, 0.3) is 11.1 Å². The zero-order valence-electron chi connectivity index (χ0n) is 10.1. The van der Waals surface area contributed by atoms with E-state index in [1.165, 1.54) is 19.2 Å². The van der Waals surface area contributed by atoms with Crippen molar-refractivity contribution in [2.45, 2.75) is 0 Å². The summed E-state index contributed by atoms with van der Waals surface area (Å²) in [4.78, 5) is 11.9. The van der Waals surface area contributed by atoms with Crippen LogP contribution in [0, 0.1) is 5.82 Å². The smallest absolute Gasteiger partial charge is 0.411 e. The lowest BCUT2D eigenvalue weighted by molar-refractivity contribution is 0.203. The second kappa shape index (κ2) is 5.28. The number of halogens is 2. The van der Waals surface area contributed by atoms with E-state index in [1.807, 2.05) is 0 Å². The van der Waals surface area contributed by atoms with Gasteiger partial charge in [0.25, 0.3) is 0 Å². The molecule has 0 fully saturated rings. The number of hydrogen-bond donors (Lipinski definition) is 1. The molecule has 2 aromatic carbocycles. The quantitative estimate of drug-likeness (QED) is 0.892. The molecule has 1 N–H and O–H groups in total. The molecular weight excluding hydrogens is 269 g/mol. The van der Waals surface area contributed by atoms with Crippen molar-refractivity contribution in [2.75, 3.05) is 11.9 Å². The summed E-state index contributed by atoms with van der Waals surface area (Å²) in [5.74, 6) is -0.308. The molecule has 2 rings (SSSR count). The summed E-state index contributed by atoms with van der Waals surface area (Å²) < 4.78 is 12.8. The number of carbonyl (C=O) groups is 1. The molecule has 0 unspecified atom stereocenters. The van der Waals surface area contributed by atoms with Crippen molar-refractivity contribution < 1.29 is 14.3 Å². The van der Waals surface area contributed by atoms with E-state index in [4.69, 9.17) is 16.7 Å². The fourth-order valence-corrected chi connectivity index (χ4v) is 2.01. The fourth-order valence-electron chi connectivity index (χ4n) is 1.70. The Bertz CT molecular complexity index is 613. The van der Waals surface area contributed by atoms with Crippen LogP contribution in [0.2, 0.25) is 5.02 Å². The molecule has 0 atom stereocenters. The SMILES string of the molecule is CN(C(=O)O)c1ccc(-c2ccc(F)cc2)cc1Cl. The minimum absolute atomic E-state index is 0.308. The minimum atomic E-state index is -1.09. The van der Waals surface area contributed by atoms with Crippen LogP contribution in [0.15, 0.2) is 42.5 Å². The summed E-state index contributed by atoms with van der Waals surface area (Å²) in [5, 5.41) is 9.23. The molecule has 3 nitrogen and oxygen atoms in total. The van der Waals surface area contributed by atoms with Crippen molar-refractivity contribution in [3.63, 3.8) is 0 Å². The molecular formula is C14H11ClFNO2. The van der Waals surface area contributed by atoms with Crippen molar-refractivity contribution in [3.05, 3.63) is 53.3 Å². The lowest BCUT2D eigenvalue weighted by Gasteiger charge is -2.15. The second-order valence-corrected chi connectivity index (χ2v) is 4.42. The Kier molecular flexibility index (Phi) is 3.71. The molecule has 1 amide bonds. The molecule has 0 aliphatic rings. The van der Waals surface area contributed by atoms with Gasteiger partial charge in [-0.25, -0.2) is 9.18 Å². The van der Waals surface area contributed by atoms with Crippen LogP contribution in [0.4, 0.5) is 14.9 Å². The van der Waals surface area contributed by atoms with E-state index in [2.05, 4.69) is 0 Å². The summed E-state index contributed by atoms with van der Waals surface area (Å²) in [6.07, 6.45) is -1.09. The van der Waals surface area contributed by atoms with Gasteiger partial charge in [0.1, 0.15) is 5.82 Å². The molecule has 0 aliphatic carbocycles. The van der Waals surface area contributed by atoms with Crippen molar-refractivity contribution in [1.29, 1.82) is 0 Å². The highest BCUT2D eigenvalue weighted by Gasteiger charge is 2.12. The highest BCUT2D eigenvalue weighted by molar-refractivity contribution is 6.34. The maximum atomic E-state index is 12.8. The van der Waals surface area contributed by atoms with E-state index in [-0.39, 0.29) is 5.82 Å². The van der Waals surface area contributed by atoms with Crippen LogP contribution < -0.4 is 4.90 Å². The van der Waals surface area contributed by atoms with Gasteiger partial charge < -0.3 is 5.11 Å². The third kappa shape index (κ3) is 2.85. The van der Waals surface area contributed by atoms with Crippen LogP contribution in [-0.2, 0) is 0 Å². The molecule has 98 valence electrons. The summed E-state index contributed by atoms with van der Waals surface area (Å²) >= 11 is 6.07. The van der Waals surface area contributed by atoms with Crippen LogP contribution in [-0.4, -0.2) is 18.2 Å². The zero-order chi connectivity index (χ0) is 14.0. The molecule has 0 aliphatic heterocycles. The Morgan fingerprint density at radius 2 is 1.74 bits per heavy atom. The molecule has 0 heterocycles. The number of nitrogens with zero attached hydrogens (tertiary/aromatic N) is 1. The van der Waals surface area contributed by atoms with Gasteiger partial charge in [0.2, 0.25) is 0 Å². The topological polar surface area (TPSA) is 40.5 Å². The molecule has 0 aromatic heterocycles. The molecule has 5 heteroatoms. The van der Waals surface area contributed by atoms with E-state index >= 15 is 0 Å². The predicted octanol–water partition coefficient (Wildman–Crippen LogP) is 4.26. The summed E-state index contributed by atoms with van der Waals surface area (Å²) in [5.41, 5.74) is 2.01. The minimum Gasteiger partial charge on any atom is -0.465 e. The number of rotatable bonds is 2. The van der Waals surface area contributed by atoms with Gasteiger partial charge in [-0.05, 0) is 35.4 Å². The maximum Gasteiger partial charge on any atom is 0.411 e. The molecule has 0 spiro atoms. The first-order chi connectivity index (χ1) is 8.99. The third-order valence-corrected chi connectivity index (χ3v) is 3.08. The van der Waals surface area contributed by atoms with E-state index < -0.39 is 6.09 Å². The van der Waals surface area contributed by atoms with E-state index in [0.29, 0.717) is 10.7 Å². The van der Waals surface area contributed by atoms with Gasteiger partial charge in [-0.1, -0.05) is 29.8 Å². The van der Waals surface area contributed by atoms with Gasteiger partial charge in [0.05, 0.1) is 10.7 Å². The largest absolute Gasteiger partial charge is 0.465 e. The molecule has 0 saturated carbocycles. The normalized spacial score (nSPS) is 10.3. The fraction of sp³-hybridized carbons (Fsp3) is 0.0714. The Morgan fingerprint density at radius 1 is 1.16 bits per heavy atom. The average Bonchev–Trinajstić information content (AvgIpc) is 2.38. The zero-order valence-corrected chi connectivity index (χ0v) is 10.9. The van der Waals surface area contributed by atoms with Crippen LogP contribution in [0.5, 0.6) is 0 Å². The van der Waals surface area contributed by atoms with Gasteiger partial charge in [-0.15, -0.1) is 0 Å². The molecule has 0 saturated heterocycles. The molecule has 19 heavy (non-hydrogen) atoms. The average molecular weight is 280 g/mol. The van der Waals surface area contributed by atoms with Crippen LogP contribution in [0.1, 0.15) is 0 Å². The number of amides is 1. The van der Waals surface area contributed by atoms with Crippen LogP contribution in [0.3, 0.4) is 0 Å². The van der Waals surface area contributed by atoms with Gasteiger partial charge in [-0.3, -0.25) is 4.90 Å². The Hall–Kier alpha value is -2.07. The standard InChI is InChI=1S/C14H11ClFNO2/c1-17(14(18)19)13-7-4-10(8-12(13)15)9-2-5-11(16)6-3-9/h2-8H,1H3,(H,18,19). The first kappa shape index (κ1) is 13.4. The van der Waals surface area contributed by atoms with Crippen LogP contribution >= 0.6 is 11.6 Å². The number of benzene rings is 2. The highest BCUT2D eigenvalue weighted by atomic mass is 35.5. The van der Waals surface area contributed by atoms with Crippen molar-refractivity contribution in [3.8, 4) is 11.1 Å². The Balaban J connectivity index is 2.38. The van der Waals surface area contributed by atoms with Crippen molar-refractivity contribution in [1.82, 2.24) is 0 Å². The second-order valence-electron chi connectivity index (χ2n) is 4.01. The highest BCUT2D eigenvalue weighted by Crippen LogP contribution is 2.30. The summed E-state index contributed by atoms with van der Waals surface area (Å²) in [6.45, 7) is 0. The maximum absolute atomic E-state index is 12.8. The summed E-state index contributed by atoms with van der Waals surface area (Å²) in [7, 11) is 1.42. The summed E-state index contributed by atoms with van der Waals surface area (Å²) in [6, 6.07) is 11.0. The molecule has 2 aromatic rings. The van der Waals surface area contributed by atoms with E-state index in [0.717, 1.165) is 16.0 Å². The van der Waals surface area contributed by atoms with E-state index in [1.54, 1.807) is 30.3 Å². The number of anilines is 1. The molecule has 0 radical (unpaired) electrons. The van der Waals surface area contributed by atoms with Crippen molar-refractivity contribution in [2.24, 2.45) is 0 Å². The Morgan fingerprint density at radius 3 is 2.26 bits per heavy atom. The Labute approximate surface area is 114 Å². The van der Waals surface area contributed by atoms with Crippen molar-refractivity contribution >= 4 is 23.4 Å². The number of carboxylic acid groups (broad SMARTS) is 1.